The molecule has 0 unspecified atom stereocenters. The highest BCUT2D eigenvalue weighted by Crippen LogP contribution is 2.31. The zero-order valence-corrected chi connectivity index (χ0v) is 15.9. The summed E-state index contributed by atoms with van der Waals surface area (Å²) in [6.07, 6.45) is 5.47. The number of ether oxygens (including phenoxy) is 1. The lowest BCUT2D eigenvalue weighted by molar-refractivity contribution is -0.124. The summed E-state index contributed by atoms with van der Waals surface area (Å²) < 4.78 is 7.51. The van der Waals surface area contributed by atoms with E-state index in [1.165, 1.54) is 0 Å². The van der Waals surface area contributed by atoms with Crippen molar-refractivity contribution in [2.24, 2.45) is 0 Å². The molecule has 2 fully saturated rings. The highest BCUT2D eigenvalue weighted by Gasteiger charge is 2.26. The molecule has 2 N–H and O–H groups in total. The van der Waals surface area contributed by atoms with Gasteiger partial charge in [0.2, 0.25) is 11.8 Å². The fourth-order valence-corrected chi connectivity index (χ4v) is 3.30. The third kappa shape index (κ3) is 3.66. The molecule has 3 heterocycles. The van der Waals surface area contributed by atoms with Gasteiger partial charge in [0.1, 0.15) is 5.75 Å². The lowest BCUT2D eigenvalue weighted by Crippen LogP contribution is -2.19. The average Bonchev–Trinajstić information content (AvgIpc) is 3.31. The molecule has 1 saturated carbocycles. The summed E-state index contributed by atoms with van der Waals surface area (Å²) in [6, 6.07) is 9.24. The molecule has 2 aromatic heterocycles. The minimum Gasteiger partial charge on any atom is -0.437 e. The fraction of sp³-hybridized carbons (Fsp3) is 0.200. The summed E-state index contributed by atoms with van der Waals surface area (Å²) in [6.45, 7) is 0. The van der Waals surface area contributed by atoms with Crippen LogP contribution in [0.5, 0.6) is 11.6 Å². The van der Waals surface area contributed by atoms with Gasteiger partial charge in [-0.2, -0.15) is 0 Å². The van der Waals surface area contributed by atoms with Crippen molar-refractivity contribution in [1.29, 1.82) is 0 Å². The van der Waals surface area contributed by atoms with E-state index in [-0.39, 0.29) is 12.3 Å². The van der Waals surface area contributed by atoms with Gasteiger partial charge in [-0.3, -0.25) is 14.9 Å². The van der Waals surface area contributed by atoms with Gasteiger partial charge in [0.05, 0.1) is 24.0 Å². The summed E-state index contributed by atoms with van der Waals surface area (Å²) in [5, 5.41) is 10.8. The van der Waals surface area contributed by atoms with Gasteiger partial charge in [0, 0.05) is 22.7 Å². The van der Waals surface area contributed by atoms with Crippen molar-refractivity contribution in [3.63, 3.8) is 0 Å². The topological polar surface area (TPSA) is 97.6 Å². The molecule has 1 saturated heterocycles. The Hall–Kier alpha value is -3.39. The van der Waals surface area contributed by atoms with E-state index in [0.29, 0.717) is 39.6 Å². The quantitative estimate of drug-likeness (QED) is 0.496. The van der Waals surface area contributed by atoms with Crippen molar-refractivity contribution < 1.29 is 14.3 Å². The number of aromatic nitrogens is 3. The number of imide groups is 1. The Morgan fingerprint density at radius 2 is 2.14 bits per heavy atom. The van der Waals surface area contributed by atoms with Gasteiger partial charge in [-0.25, -0.2) is 9.50 Å². The first-order valence-electron chi connectivity index (χ1n) is 9.19. The first kappa shape index (κ1) is 17.7. The first-order valence-corrected chi connectivity index (χ1v) is 9.56. The van der Waals surface area contributed by atoms with Crippen LogP contribution in [0.15, 0.2) is 42.1 Å². The summed E-state index contributed by atoms with van der Waals surface area (Å²) in [5.41, 5.74) is 2.36. The number of carbonyl (C=O) groups is 2. The Bertz CT molecular complexity index is 1180. The van der Waals surface area contributed by atoms with Gasteiger partial charge in [0.25, 0.3) is 5.91 Å². The second-order valence-electron chi connectivity index (χ2n) is 7.02. The van der Waals surface area contributed by atoms with Crippen LogP contribution in [-0.4, -0.2) is 32.5 Å². The molecule has 8 nitrogen and oxygen atoms in total. The van der Waals surface area contributed by atoms with Gasteiger partial charge >= 0.3 is 0 Å². The van der Waals surface area contributed by atoms with Gasteiger partial charge < -0.3 is 10.1 Å². The van der Waals surface area contributed by atoms with E-state index in [4.69, 9.17) is 16.3 Å². The molecule has 1 aliphatic carbocycles. The molecule has 0 spiro atoms. The smallest absolute Gasteiger partial charge is 0.254 e. The number of hydrogen-bond acceptors (Lipinski definition) is 6. The Labute approximate surface area is 170 Å². The number of fused-ring (bicyclic) bond motifs is 1. The van der Waals surface area contributed by atoms with Crippen LogP contribution in [0.3, 0.4) is 0 Å². The molecule has 5 rings (SSSR count). The van der Waals surface area contributed by atoms with Crippen molar-refractivity contribution in [2.45, 2.75) is 25.3 Å². The molecular formula is C20H16ClN5O3. The molecule has 0 bridgehead atoms. The molecule has 0 radical (unpaired) electrons. The minimum absolute atomic E-state index is 0.0396. The lowest BCUT2D eigenvalue weighted by Gasteiger charge is -2.11. The fourth-order valence-electron chi connectivity index (χ4n) is 3.12. The summed E-state index contributed by atoms with van der Waals surface area (Å²) >= 11 is 6.04. The number of anilines is 1. The van der Waals surface area contributed by atoms with E-state index in [1.807, 2.05) is 0 Å². The molecule has 146 valence electrons. The Morgan fingerprint density at radius 1 is 1.28 bits per heavy atom. The van der Waals surface area contributed by atoms with Gasteiger partial charge in [-0.15, -0.1) is 5.10 Å². The molecule has 1 aromatic carbocycles. The van der Waals surface area contributed by atoms with Crippen LogP contribution >= 0.6 is 11.6 Å². The van der Waals surface area contributed by atoms with E-state index < -0.39 is 5.91 Å². The van der Waals surface area contributed by atoms with E-state index in [2.05, 4.69) is 20.7 Å². The van der Waals surface area contributed by atoms with Crippen LogP contribution in [-0.2, 0) is 9.59 Å². The zero-order chi connectivity index (χ0) is 20.0. The number of hydrogen-bond donors (Lipinski definition) is 2. The number of amides is 2. The summed E-state index contributed by atoms with van der Waals surface area (Å²) in [5.74, 6) is 0.201. The molecule has 2 amide bonds. The van der Waals surface area contributed by atoms with E-state index in [9.17, 15) is 9.59 Å². The predicted molar refractivity (Wildman–Crippen MR) is 107 cm³/mol. The van der Waals surface area contributed by atoms with Crippen molar-refractivity contribution in [3.8, 4) is 11.6 Å². The van der Waals surface area contributed by atoms with Gasteiger partial charge in [-0.05, 0) is 37.1 Å². The van der Waals surface area contributed by atoms with Crippen LogP contribution in [0.25, 0.3) is 11.7 Å². The number of rotatable bonds is 5. The van der Waals surface area contributed by atoms with Crippen LogP contribution in [0, 0.1) is 0 Å². The van der Waals surface area contributed by atoms with Crippen molar-refractivity contribution in [1.82, 2.24) is 19.9 Å². The molecule has 2 aliphatic rings. The maximum absolute atomic E-state index is 11.9. The SMILES string of the molecule is O=C1C/C(=C\c2cnc3c(NC4CC4)cc(Oc4cccc(Cl)c4)nn23)C(=O)N1. The highest BCUT2D eigenvalue weighted by molar-refractivity contribution is 6.30. The molecular weight excluding hydrogens is 394 g/mol. The van der Waals surface area contributed by atoms with E-state index in [0.717, 1.165) is 18.5 Å². The highest BCUT2D eigenvalue weighted by atomic mass is 35.5. The molecule has 9 heteroatoms. The number of carbonyl (C=O) groups excluding carboxylic acids is 2. The number of imidazole rings is 1. The largest absolute Gasteiger partial charge is 0.437 e. The number of nitrogens with zero attached hydrogens (tertiary/aromatic N) is 3. The van der Waals surface area contributed by atoms with Crippen LogP contribution in [0.2, 0.25) is 5.02 Å². The third-order valence-corrected chi connectivity index (χ3v) is 4.88. The van der Waals surface area contributed by atoms with Crippen LogP contribution in [0.4, 0.5) is 5.69 Å². The summed E-state index contributed by atoms with van der Waals surface area (Å²) in [4.78, 5) is 27.8. The van der Waals surface area contributed by atoms with E-state index in [1.54, 1.807) is 47.1 Å². The Balaban J connectivity index is 1.57. The maximum Gasteiger partial charge on any atom is 0.254 e. The van der Waals surface area contributed by atoms with Crippen molar-refractivity contribution >= 4 is 40.8 Å². The molecule has 0 atom stereocenters. The third-order valence-electron chi connectivity index (χ3n) is 4.64. The second kappa shape index (κ2) is 6.89. The monoisotopic (exact) mass is 409 g/mol. The predicted octanol–water partition coefficient (Wildman–Crippen LogP) is 3.18. The number of halogens is 1. The molecule has 29 heavy (non-hydrogen) atoms. The first-order chi connectivity index (χ1) is 14.0. The van der Waals surface area contributed by atoms with E-state index >= 15 is 0 Å². The normalized spacial score (nSPS) is 17.8. The molecule has 3 aromatic rings. The standard InChI is InChI=1S/C20H16ClN5O3/c21-12-2-1-3-15(8-12)29-18-9-16(23-13-4-5-13)19-22-10-14(26(19)25-18)6-11-7-17(27)24-20(11)28/h1-3,6,8-10,13,23H,4-5,7H2,(H,24,27,28)/b11-6+. The van der Waals surface area contributed by atoms with Crippen LogP contribution in [0.1, 0.15) is 25.0 Å². The van der Waals surface area contributed by atoms with Crippen LogP contribution < -0.4 is 15.4 Å². The average molecular weight is 410 g/mol. The minimum atomic E-state index is -0.396. The molecule has 1 aliphatic heterocycles. The maximum atomic E-state index is 11.9. The van der Waals surface area contributed by atoms with Crippen molar-refractivity contribution in [2.75, 3.05) is 5.32 Å². The zero-order valence-electron chi connectivity index (χ0n) is 15.2. The van der Waals surface area contributed by atoms with Crippen molar-refractivity contribution in [3.05, 3.63) is 52.8 Å². The number of benzene rings is 1. The van der Waals surface area contributed by atoms with Gasteiger partial charge in [-0.1, -0.05) is 17.7 Å². The Morgan fingerprint density at radius 3 is 2.86 bits per heavy atom. The number of nitrogens with one attached hydrogen (secondary N) is 2. The lowest BCUT2D eigenvalue weighted by atomic mass is 10.2. The summed E-state index contributed by atoms with van der Waals surface area (Å²) in [7, 11) is 0. The second-order valence-corrected chi connectivity index (χ2v) is 7.45. The van der Waals surface area contributed by atoms with Gasteiger partial charge in [0.15, 0.2) is 5.65 Å². The Kier molecular flexibility index (Phi) is 4.21.